The highest BCUT2D eigenvalue weighted by atomic mass is 31.2. The quantitative estimate of drug-likeness (QED) is 0.0272. The number of aliphatic hydroxyl groups excluding tert-OH is 1. The van der Waals surface area contributed by atoms with Gasteiger partial charge in [-0.15, -0.1) is 0 Å². The van der Waals surface area contributed by atoms with E-state index in [4.69, 9.17) is 9.05 Å². The van der Waals surface area contributed by atoms with Crippen LogP contribution in [0.15, 0.2) is 60.8 Å². The van der Waals surface area contributed by atoms with Crippen LogP contribution in [0.5, 0.6) is 0 Å². The molecule has 0 aromatic heterocycles. The zero-order valence-electron chi connectivity index (χ0n) is 45.3. The molecule has 3 unspecified atom stereocenters. The maximum atomic E-state index is 12.9. The van der Waals surface area contributed by atoms with E-state index in [2.05, 4.69) is 67.8 Å². The first-order valence-electron chi connectivity index (χ1n) is 28.7. The summed E-state index contributed by atoms with van der Waals surface area (Å²) < 4.78 is 23.2. The fourth-order valence-electron chi connectivity index (χ4n) is 8.18. The molecule has 3 atom stereocenters. The normalized spacial score (nSPS) is 14.4. The van der Waals surface area contributed by atoms with Gasteiger partial charge < -0.3 is 28.8 Å². The number of rotatable bonds is 52. The van der Waals surface area contributed by atoms with Crippen molar-refractivity contribution in [3.8, 4) is 0 Å². The molecule has 0 radical (unpaired) electrons. The average molecular weight is 976 g/mol. The van der Waals surface area contributed by atoms with Crippen LogP contribution >= 0.6 is 7.82 Å². The van der Waals surface area contributed by atoms with Gasteiger partial charge in [-0.1, -0.05) is 242 Å². The molecule has 2 N–H and O–H groups in total. The van der Waals surface area contributed by atoms with Gasteiger partial charge in [-0.05, 0) is 70.6 Å². The number of amides is 1. The first-order valence-corrected chi connectivity index (χ1v) is 30.1. The third kappa shape index (κ3) is 52.0. The summed E-state index contributed by atoms with van der Waals surface area (Å²) in [4.78, 5) is 25.4. The Morgan fingerprint density at radius 2 is 0.868 bits per heavy atom. The van der Waals surface area contributed by atoms with Crippen molar-refractivity contribution in [2.45, 2.75) is 270 Å². The minimum absolute atomic E-state index is 0.00676. The number of nitrogens with one attached hydrogen (secondary N) is 1. The lowest BCUT2D eigenvalue weighted by molar-refractivity contribution is -0.870. The monoisotopic (exact) mass is 975 g/mol. The molecular formula is C59H111N2O6P. The summed E-state index contributed by atoms with van der Waals surface area (Å²) in [6.45, 7) is 4.59. The molecule has 0 spiro atoms. The number of quaternary nitrogens is 1. The Hall–Kier alpha value is -1.80. The number of phosphoric ester groups is 1. The van der Waals surface area contributed by atoms with Gasteiger partial charge in [0.15, 0.2) is 0 Å². The Labute approximate surface area is 422 Å². The van der Waals surface area contributed by atoms with Gasteiger partial charge in [0.25, 0.3) is 7.82 Å². The number of allylic oxidation sites excluding steroid dienone is 9. The van der Waals surface area contributed by atoms with E-state index in [-0.39, 0.29) is 12.5 Å². The van der Waals surface area contributed by atoms with Crippen LogP contribution in [0.4, 0.5) is 0 Å². The van der Waals surface area contributed by atoms with Crippen LogP contribution in [0, 0.1) is 0 Å². The zero-order chi connectivity index (χ0) is 49.9. The predicted octanol–water partition coefficient (Wildman–Crippen LogP) is 16.7. The standard InChI is InChI=1S/C59H111N2O6P/c1-6-8-10-12-14-16-18-19-20-21-22-23-24-25-26-27-28-29-30-31-32-33-34-35-36-37-38-39-40-41-43-45-47-49-51-53-59(63)60-57(56-67-68(64,65)66-55-54-61(3,4)5)58(62)52-50-48-46-44-42-17-15-13-11-9-7-2/h18-19,21-22,24-25,42,44,50,52,57-58,62H,6-17,20,23,26-41,43,45-49,51,53-56H2,1-5H3,(H-,60,63,64,65)/b19-18-,22-21-,25-24-,44-42+,52-50+. The number of aliphatic hydroxyl groups is 1. The number of nitrogens with zero attached hydrogens (tertiary/aromatic N) is 1. The summed E-state index contributed by atoms with van der Waals surface area (Å²) in [5, 5.41) is 13.8. The van der Waals surface area contributed by atoms with Gasteiger partial charge in [0.1, 0.15) is 13.2 Å². The lowest BCUT2D eigenvalue weighted by Crippen LogP contribution is -2.45. The molecule has 0 fully saturated rings. The Balaban J connectivity index is 3.96. The number of carbonyl (C=O) groups excluding carboxylic acids is 1. The summed E-state index contributed by atoms with van der Waals surface area (Å²) in [5.74, 6) is -0.207. The molecule has 0 saturated carbocycles. The number of likely N-dealkylation sites (N-methyl/N-ethyl adjacent to an activating group) is 1. The van der Waals surface area contributed by atoms with Gasteiger partial charge in [0, 0.05) is 6.42 Å². The molecular weight excluding hydrogens is 864 g/mol. The first kappa shape index (κ1) is 66.2. The minimum atomic E-state index is -4.60. The van der Waals surface area contributed by atoms with Gasteiger partial charge in [-0.25, -0.2) is 0 Å². The van der Waals surface area contributed by atoms with Crippen LogP contribution in [0.25, 0.3) is 0 Å². The van der Waals surface area contributed by atoms with Crippen molar-refractivity contribution in [3.63, 3.8) is 0 Å². The molecule has 0 aliphatic rings. The first-order chi connectivity index (χ1) is 33.0. The molecule has 0 saturated heterocycles. The number of hydrogen-bond acceptors (Lipinski definition) is 6. The molecule has 0 aliphatic carbocycles. The minimum Gasteiger partial charge on any atom is -0.756 e. The fourth-order valence-corrected chi connectivity index (χ4v) is 8.90. The molecule has 68 heavy (non-hydrogen) atoms. The molecule has 0 aromatic carbocycles. The third-order valence-corrected chi connectivity index (χ3v) is 13.7. The van der Waals surface area contributed by atoms with E-state index in [0.717, 1.165) is 51.4 Å². The van der Waals surface area contributed by atoms with Gasteiger partial charge in [0.2, 0.25) is 5.91 Å². The fraction of sp³-hybridized carbons (Fsp3) is 0.814. The second-order valence-corrected chi connectivity index (χ2v) is 22.0. The number of carbonyl (C=O) groups is 1. The van der Waals surface area contributed by atoms with E-state index < -0.39 is 26.6 Å². The summed E-state index contributed by atoms with van der Waals surface area (Å²) in [7, 11) is 1.24. The Morgan fingerprint density at radius 1 is 0.515 bits per heavy atom. The van der Waals surface area contributed by atoms with Crippen molar-refractivity contribution in [2.75, 3.05) is 40.9 Å². The smallest absolute Gasteiger partial charge is 0.268 e. The zero-order valence-corrected chi connectivity index (χ0v) is 46.2. The van der Waals surface area contributed by atoms with Gasteiger partial charge in [-0.2, -0.15) is 0 Å². The van der Waals surface area contributed by atoms with Crippen molar-refractivity contribution in [1.29, 1.82) is 0 Å². The van der Waals surface area contributed by atoms with E-state index in [1.165, 1.54) is 186 Å². The Bertz CT molecular complexity index is 1290. The van der Waals surface area contributed by atoms with Crippen molar-refractivity contribution < 1.29 is 32.9 Å². The van der Waals surface area contributed by atoms with E-state index in [1.54, 1.807) is 6.08 Å². The molecule has 1 amide bonds. The summed E-state index contributed by atoms with van der Waals surface area (Å²) >= 11 is 0. The largest absolute Gasteiger partial charge is 0.756 e. The van der Waals surface area contributed by atoms with Gasteiger partial charge in [0.05, 0.1) is 39.9 Å². The van der Waals surface area contributed by atoms with Crippen LogP contribution in [0.1, 0.15) is 258 Å². The number of phosphoric acid groups is 1. The van der Waals surface area contributed by atoms with E-state index in [0.29, 0.717) is 17.4 Å². The van der Waals surface area contributed by atoms with E-state index >= 15 is 0 Å². The van der Waals surface area contributed by atoms with Gasteiger partial charge in [-0.3, -0.25) is 9.36 Å². The van der Waals surface area contributed by atoms with Crippen molar-refractivity contribution >= 4 is 13.7 Å². The highest BCUT2D eigenvalue weighted by Crippen LogP contribution is 2.38. The topological polar surface area (TPSA) is 108 Å². The third-order valence-electron chi connectivity index (χ3n) is 12.7. The molecule has 398 valence electrons. The molecule has 0 aromatic rings. The molecule has 0 heterocycles. The maximum Gasteiger partial charge on any atom is 0.268 e. The summed E-state index contributed by atoms with van der Waals surface area (Å²) in [6.07, 6.45) is 67.5. The van der Waals surface area contributed by atoms with Gasteiger partial charge >= 0.3 is 0 Å². The Morgan fingerprint density at radius 3 is 1.29 bits per heavy atom. The Kier molecular flexibility index (Phi) is 48.8. The van der Waals surface area contributed by atoms with Crippen LogP contribution in [-0.4, -0.2) is 68.5 Å². The molecule has 8 nitrogen and oxygen atoms in total. The number of hydrogen-bond donors (Lipinski definition) is 2. The molecule has 0 aliphatic heterocycles. The predicted molar refractivity (Wildman–Crippen MR) is 293 cm³/mol. The molecule has 0 rings (SSSR count). The van der Waals surface area contributed by atoms with Crippen LogP contribution in [0.2, 0.25) is 0 Å². The van der Waals surface area contributed by atoms with Crippen LogP contribution in [-0.2, 0) is 18.4 Å². The van der Waals surface area contributed by atoms with Crippen molar-refractivity contribution in [3.05, 3.63) is 60.8 Å². The van der Waals surface area contributed by atoms with Crippen LogP contribution < -0.4 is 10.2 Å². The van der Waals surface area contributed by atoms with E-state index in [9.17, 15) is 19.4 Å². The van der Waals surface area contributed by atoms with Crippen LogP contribution in [0.3, 0.4) is 0 Å². The second-order valence-electron chi connectivity index (χ2n) is 20.6. The number of unbranched alkanes of at least 4 members (excludes halogenated alkanes) is 31. The highest BCUT2D eigenvalue weighted by molar-refractivity contribution is 7.45. The summed E-state index contributed by atoms with van der Waals surface area (Å²) in [6, 6.07) is -0.902. The van der Waals surface area contributed by atoms with Crippen molar-refractivity contribution in [1.82, 2.24) is 5.32 Å². The van der Waals surface area contributed by atoms with E-state index in [1.807, 2.05) is 27.2 Å². The maximum absolute atomic E-state index is 12.9. The lowest BCUT2D eigenvalue weighted by Gasteiger charge is -2.29. The molecule has 0 bridgehead atoms. The van der Waals surface area contributed by atoms with Crippen molar-refractivity contribution in [2.24, 2.45) is 0 Å². The second kappa shape index (κ2) is 50.2. The molecule has 9 heteroatoms. The lowest BCUT2D eigenvalue weighted by atomic mass is 10.0. The average Bonchev–Trinajstić information content (AvgIpc) is 3.30. The highest BCUT2D eigenvalue weighted by Gasteiger charge is 2.23. The summed E-state index contributed by atoms with van der Waals surface area (Å²) in [5.41, 5.74) is 0. The SMILES string of the molecule is CCCCCCC/C=C\C/C=C\C/C=C\CCCCCCCCCCCCCCCCCCCCCCC(=O)NC(COP(=O)([O-])OCC[N+](C)(C)C)C(O)/C=C/CC/C=C/CCCCCCC.